The van der Waals surface area contributed by atoms with Gasteiger partial charge >= 0.3 is 0 Å². The topological polar surface area (TPSA) is 207 Å². The highest BCUT2D eigenvalue weighted by Crippen LogP contribution is 2.55. The number of Topliss-reactive ketones (excluding diaryl/α,β-unsaturated/α-hetero) is 1. The predicted molar refractivity (Wildman–Crippen MR) is 255 cm³/mol. The van der Waals surface area contributed by atoms with Crippen LogP contribution in [-0.4, -0.2) is 94.1 Å². The van der Waals surface area contributed by atoms with Crippen molar-refractivity contribution < 1.29 is 38.5 Å². The third-order valence-electron chi connectivity index (χ3n) is 12.9. The first kappa shape index (κ1) is 51.2. The number of ether oxygens (including phenoxy) is 3. The van der Waals surface area contributed by atoms with Crippen LogP contribution in [0.15, 0.2) is 66.6 Å². The van der Waals surface area contributed by atoms with Crippen molar-refractivity contribution in [1.29, 1.82) is 5.26 Å². The number of aliphatic hydroxyl groups is 1. The van der Waals surface area contributed by atoms with E-state index < -0.39 is 46.1 Å². The van der Waals surface area contributed by atoms with Crippen molar-refractivity contribution in [3.8, 4) is 22.3 Å². The standard InChI is InChI=1S/C50H64ClN7O8S/c1-48(2,3)43(42(61)37-21-35(59)22-38(37)45(63)54-25-31-11-13-32(14-12-31)40-27-53-30-67-40)56-41(60)29-65-19-10-8-9-18-64-20-17-58-28-34(26-55-58)44(62)57-46-49(4,5)47(50(46,6)7)66-36-16-15-33(24-52)39(51)23-36/h11-16,23,26-28,30,35,37-38,43,46-47,59H,8-10,17-22,25,29H2,1-7H3,(H,54,63)(H,56,60)(H,57,62)/t35-,37?,38+,43+,46?,47?/m0/s1. The average molecular weight is 959 g/mol. The molecular formula is C50H64ClN7O8S. The van der Waals surface area contributed by atoms with Crippen molar-refractivity contribution >= 4 is 46.4 Å². The molecule has 360 valence electrons. The highest BCUT2D eigenvalue weighted by Gasteiger charge is 2.64. The Hall–Kier alpha value is -5.18. The molecule has 2 fully saturated rings. The van der Waals surface area contributed by atoms with E-state index in [4.69, 9.17) is 25.8 Å². The molecule has 2 aromatic heterocycles. The number of thiazole rings is 1. The van der Waals surface area contributed by atoms with E-state index in [2.05, 4.69) is 59.8 Å². The second-order valence-electron chi connectivity index (χ2n) is 19.9. The summed E-state index contributed by atoms with van der Waals surface area (Å²) in [7, 11) is 0. The molecule has 4 aromatic rings. The summed E-state index contributed by atoms with van der Waals surface area (Å²) in [6.07, 6.45) is 6.72. The SMILES string of the molecule is CC1(C)C(NC(=O)c2cnn(CCOCCCCCOCC(=O)N[C@H](C(=O)C3C[C@H](O)C[C@H]3C(=O)NCc3ccc(-c4cncs4)cc3)C(C)(C)C)c2)C(C)(C)C1Oc1ccc(C#N)c(Cl)c1. The summed E-state index contributed by atoms with van der Waals surface area (Å²) in [4.78, 5) is 59.0. The zero-order chi connectivity index (χ0) is 48.5. The maximum Gasteiger partial charge on any atom is 0.254 e. The second kappa shape index (κ2) is 22.3. The minimum absolute atomic E-state index is 0.156. The first-order valence-electron chi connectivity index (χ1n) is 22.9. The van der Waals surface area contributed by atoms with Gasteiger partial charge in [-0.3, -0.25) is 28.8 Å². The number of hydrogen-bond acceptors (Lipinski definition) is 12. The van der Waals surface area contributed by atoms with Crippen molar-refractivity contribution in [2.45, 2.75) is 118 Å². The third-order valence-corrected chi connectivity index (χ3v) is 14.1. The van der Waals surface area contributed by atoms with E-state index in [0.717, 1.165) is 28.8 Å². The number of rotatable bonds is 22. The molecule has 67 heavy (non-hydrogen) atoms. The molecule has 4 N–H and O–H groups in total. The number of hydrogen-bond donors (Lipinski definition) is 4. The highest BCUT2D eigenvalue weighted by atomic mass is 35.5. The van der Waals surface area contributed by atoms with Gasteiger partial charge in [0.1, 0.15) is 24.5 Å². The van der Waals surface area contributed by atoms with Crippen molar-refractivity contribution in [1.82, 2.24) is 30.7 Å². The molecule has 4 atom stereocenters. The molecule has 0 spiro atoms. The Balaban J connectivity index is 0.846. The van der Waals surface area contributed by atoms with Crippen LogP contribution in [0.25, 0.3) is 10.4 Å². The Morgan fingerprint density at radius 1 is 0.970 bits per heavy atom. The van der Waals surface area contributed by atoms with Gasteiger partial charge in [-0.15, -0.1) is 11.3 Å². The number of ketones is 1. The summed E-state index contributed by atoms with van der Waals surface area (Å²) in [6, 6.07) is 13.9. The fourth-order valence-corrected chi connectivity index (χ4v) is 10.5. The van der Waals surface area contributed by atoms with E-state index in [9.17, 15) is 29.5 Å². The molecule has 6 rings (SSSR count). The van der Waals surface area contributed by atoms with Gasteiger partial charge in [0, 0.05) is 61.0 Å². The quantitative estimate of drug-likeness (QED) is 0.0582. The van der Waals surface area contributed by atoms with Gasteiger partial charge < -0.3 is 35.3 Å². The molecule has 2 saturated carbocycles. The zero-order valence-corrected chi connectivity index (χ0v) is 41.0. The van der Waals surface area contributed by atoms with Crippen LogP contribution in [0.1, 0.15) is 102 Å². The predicted octanol–water partition coefficient (Wildman–Crippen LogP) is 7.15. The van der Waals surface area contributed by atoms with Gasteiger partial charge in [0.05, 0.1) is 63.9 Å². The number of nitrogens with zero attached hydrogens (tertiary/aromatic N) is 4. The number of halogens is 1. The Morgan fingerprint density at radius 2 is 1.67 bits per heavy atom. The van der Waals surface area contributed by atoms with Gasteiger partial charge in [-0.05, 0) is 60.8 Å². The molecule has 3 amide bonds. The molecule has 2 aliphatic rings. The van der Waals surface area contributed by atoms with E-state index in [1.807, 2.05) is 51.2 Å². The normalized spacial score (nSPS) is 21.1. The number of carbonyl (C=O) groups excluding carboxylic acids is 4. The lowest BCUT2D eigenvalue weighted by atomic mass is 9.49. The largest absolute Gasteiger partial charge is 0.489 e. The van der Waals surface area contributed by atoms with Gasteiger partial charge in [-0.25, -0.2) is 0 Å². The van der Waals surface area contributed by atoms with Crippen molar-refractivity contribution in [2.75, 3.05) is 26.4 Å². The molecule has 0 aliphatic heterocycles. The van der Waals surface area contributed by atoms with Gasteiger partial charge in [0.15, 0.2) is 5.78 Å². The lowest BCUT2D eigenvalue weighted by Crippen LogP contribution is -2.74. The van der Waals surface area contributed by atoms with Crippen LogP contribution in [0.2, 0.25) is 5.02 Å². The van der Waals surface area contributed by atoms with Crippen molar-refractivity contribution in [3.63, 3.8) is 0 Å². The van der Waals surface area contributed by atoms with Gasteiger partial charge in [-0.2, -0.15) is 10.4 Å². The number of carbonyl (C=O) groups is 4. The van der Waals surface area contributed by atoms with Gasteiger partial charge in [-0.1, -0.05) is 84.3 Å². The molecule has 17 heteroatoms. The molecule has 0 saturated heterocycles. The van der Waals surface area contributed by atoms with Crippen LogP contribution >= 0.6 is 22.9 Å². The Kier molecular flexibility index (Phi) is 17.0. The van der Waals surface area contributed by atoms with Crippen molar-refractivity contribution in [3.05, 3.63) is 88.3 Å². The number of amides is 3. The first-order chi connectivity index (χ1) is 31.8. The maximum absolute atomic E-state index is 14.0. The van der Waals surface area contributed by atoms with E-state index >= 15 is 0 Å². The van der Waals surface area contributed by atoms with Crippen LogP contribution < -0.4 is 20.7 Å². The number of nitrogens with one attached hydrogen (secondary N) is 3. The molecule has 15 nitrogen and oxygen atoms in total. The highest BCUT2D eigenvalue weighted by molar-refractivity contribution is 7.13. The molecule has 2 aromatic carbocycles. The van der Waals surface area contributed by atoms with Crippen LogP contribution in [0.3, 0.4) is 0 Å². The van der Waals surface area contributed by atoms with Gasteiger partial charge in [0.25, 0.3) is 5.91 Å². The summed E-state index contributed by atoms with van der Waals surface area (Å²) < 4.78 is 19.5. The summed E-state index contributed by atoms with van der Waals surface area (Å²) in [5.41, 5.74) is 3.13. The molecular weight excluding hydrogens is 894 g/mol. The van der Waals surface area contributed by atoms with Crippen LogP contribution in [0.5, 0.6) is 5.75 Å². The van der Waals surface area contributed by atoms with Crippen molar-refractivity contribution in [2.24, 2.45) is 28.1 Å². The molecule has 0 radical (unpaired) electrons. The molecule has 1 unspecified atom stereocenters. The fourth-order valence-electron chi connectivity index (χ4n) is 9.64. The Labute approximate surface area is 402 Å². The molecule has 2 aliphatic carbocycles. The Morgan fingerprint density at radius 3 is 2.33 bits per heavy atom. The van der Waals surface area contributed by atoms with E-state index in [0.29, 0.717) is 54.7 Å². The zero-order valence-electron chi connectivity index (χ0n) is 39.5. The summed E-state index contributed by atoms with van der Waals surface area (Å²) in [5.74, 6) is -2.08. The monoisotopic (exact) mass is 957 g/mol. The first-order valence-corrected chi connectivity index (χ1v) is 24.2. The number of aromatic nitrogens is 3. The van der Waals surface area contributed by atoms with Crippen LogP contribution in [-0.2, 0) is 36.9 Å². The lowest BCUT2D eigenvalue weighted by molar-refractivity contribution is -0.164. The molecule has 0 bridgehead atoms. The number of benzene rings is 2. The van der Waals surface area contributed by atoms with Crippen LogP contribution in [0.4, 0.5) is 0 Å². The fraction of sp³-hybridized carbons (Fsp3) is 0.540. The van der Waals surface area contributed by atoms with Crippen LogP contribution in [0, 0.1) is 39.4 Å². The smallest absolute Gasteiger partial charge is 0.254 e. The van der Waals surface area contributed by atoms with E-state index in [1.165, 1.54) is 0 Å². The minimum Gasteiger partial charge on any atom is -0.489 e. The summed E-state index contributed by atoms with van der Waals surface area (Å²) >= 11 is 7.78. The minimum atomic E-state index is -0.874. The van der Waals surface area contributed by atoms with E-state index in [-0.39, 0.29) is 55.7 Å². The summed E-state index contributed by atoms with van der Waals surface area (Å²) in [6.45, 7) is 15.7. The second-order valence-corrected chi connectivity index (χ2v) is 21.2. The maximum atomic E-state index is 14.0. The van der Waals surface area contributed by atoms with E-state index in [1.54, 1.807) is 52.1 Å². The number of unbranched alkanes of at least 4 members (excludes halogenated alkanes) is 2. The van der Waals surface area contributed by atoms with Gasteiger partial charge in [0.2, 0.25) is 11.8 Å². The Bertz CT molecular complexity index is 2360. The molecule has 2 heterocycles. The average Bonchev–Trinajstić information content (AvgIpc) is 4.08. The number of aliphatic hydroxyl groups excluding tert-OH is 1. The lowest BCUT2D eigenvalue weighted by Gasteiger charge is -2.63. The summed E-state index contributed by atoms with van der Waals surface area (Å²) in [5, 5.41) is 33.5. The number of nitriles is 1. The third kappa shape index (κ3) is 12.9.